The van der Waals surface area contributed by atoms with E-state index in [0.717, 1.165) is 19.5 Å². The van der Waals surface area contributed by atoms with E-state index in [4.69, 9.17) is 5.73 Å². The van der Waals surface area contributed by atoms with Gasteiger partial charge in [0.25, 0.3) is 0 Å². The van der Waals surface area contributed by atoms with E-state index in [1.54, 1.807) is 0 Å². The van der Waals surface area contributed by atoms with Gasteiger partial charge in [-0.3, -0.25) is 4.90 Å². The van der Waals surface area contributed by atoms with Crippen LogP contribution in [0.3, 0.4) is 0 Å². The fourth-order valence-electron chi connectivity index (χ4n) is 2.93. The highest BCUT2D eigenvalue weighted by Gasteiger charge is 2.34. The van der Waals surface area contributed by atoms with Gasteiger partial charge in [-0.25, -0.2) is 0 Å². The van der Waals surface area contributed by atoms with Crippen molar-refractivity contribution in [3.63, 3.8) is 0 Å². The normalized spacial score (nSPS) is 22.4. The predicted molar refractivity (Wildman–Crippen MR) is 93.3 cm³/mol. The average Bonchev–Trinajstić information content (AvgIpc) is 2.40. The molecule has 2 nitrogen and oxygen atoms in total. The molecule has 0 bridgehead atoms. The topological polar surface area (TPSA) is 29.3 Å². The summed E-state index contributed by atoms with van der Waals surface area (Å²) < 4.78 is 1.48. The average molecular weight is 357 g/mol. The van der Waals surface area contributed by atoms with Gasteiger partial charge in [0.2, 0.25) is 0 Å². The van der Waals surface area contributed by atoms with Crippen molar-refractivity contribution in [3.05, 3.63) is 34.3 Å². The molecule has 2 rings (SSSR count). The van der Waals surface area contributed by atoms with Crippen LogP contribution >= 0.6 is 27.7 Å². The van der Waals surface area contributed by atoms with Gasteiger partial charge >= 0.3 is 0 Å². The maximum absolute atomic E-state index is 6.47. The third kappa shape index (κ3) is 3.79. The molecule has 4 heteroatoms. The van der Waals surface area contributed by atoms with Crippen LogP contribution in [0.1, 0.15) is 38.8 Å². The van der Waals surface area contributed by atoms with Gasteiger partial charge in [-0.1, -0.05) is 41.1 Å². The summed E-state index contributed by atoms with van der Waals surface area (Å²) in [6.07, 6.45) is 0.996. The van der Waals surface area contributed by atoms with Crippen molar-refractivity contribution in [2.45, 2.75) is 44.0 Å². The van der Waals surface area contributed by atoms with Crippen LogP contribution in [0.4, 0.5) is 0 Å². The van der Waals surface area contributed by atoms with E-state index in [9.17, 15) is 0 Å². The van der Waals surface area contributed by atoms with E-state index in [1.807, 2.05) is 0 Å². The number of benzene rings is 1. The summed E-state index contributed by atoms with van der Waals surface area (Å²) in [5.41, 5.74) is 7.79. The number of hydrogen-bond donors (Lipinski definition) is 1. The van der Waals surface area contributed by atoms with Crippen molar-refractivity contribution in [1.29, 1.82) is 0 Å². The largest absolute Gasteiger partial charge is 0.326 e. The van der Waals surface area contributed by atoms with Gasteiger partial charge in [0, 0.05) is 34.1 Å². The van der Waals surface area contributed by atoms with Crippen molar-refractivity contribution in [2.75, 3.05) is 18.8 Å². The van der Waals surface area contributed by atoms with Crippen LogP contribution in [0.5, 0.6) is 0 Å². The number of nitrogens with zero attached hydrogens (tertiary/aromatic N) is 1. The molecule has 0 aromatic heterocycles. The quantitative estimate of drug-likeness (QED) is 0.881. The minimum Gasteiger partial charge on any atom is -0.326 e. The lowest BCUT2D eigenvalue weighted by atomic mass is 9.95. The zero-order valence-corrected chi connectivity index (χ0v) is 15.0. The molecule has 1 heterocycles. The zero-order valence-electron chi connectivity index (χ0n) is 12.6. The number of thioether (sulfide) groups is 1. The first-order valence-corrected chi connectivity index (χ1v) is 9.10. The SMILES string of the molecule is CCC(N)C(c1ccccc1Br)N1CCSC(C)(C)C1. The second-order valence-electron chi connectivity index (χ2n) is 6.12. The molecule has 2 unspecified atom stereocenters. The Kier molecular flexibility index (Phi) is 5.57. The Bertz CT molecular complexity index is 450. The van der Waals surface area contributed by atoms with Crippen molar-refractivity contribution in [3.8, 4) is 0 Å². The van der Waals surface area contributed by atoms with Crippen LogP contribution in [-0.2, 0) is 0 Å². The summed E-state index contributed by atoms with van der Waals surface area (Å²) in [6, 6.07) is 8.98. The van der Waals surface area contributed by atoms with Gasteiger partial charge < -0.3 is 5.73 Å². The van der Waals surface area contributed by atoms with Crippen LogP contribution < -0.4 is 5.73 Å². The Morgan fingerprint density at radius 1 is 1.40 bits per heavy atom. The standard InChI is InChI=1S/C16H25BrN2S/c1-4-14(18)15(12-7-5-6-8-13(12)17)19-9-10-20-16(2,3)11-19/h5-8,14-15H,4,9-11,18H2,1-3H3. The van der Waals surface area contributed by atoms with Gasteiger partial charge in [-0.2, -0.15) is 11.8 Å². The van der Waals surface area contributed by atoms with E-state index >= 15 is 0 Å². The van der Waals surface area contributed by atoms with E-state index in [1.165, 1.54) is 15.8 Å². The summed E-state index contributed by atoms with van der Waals surface area (Å²) >= 11 is 5.77. The number of rotatable bonds is 4. The van der Waals surface area contributed by atoms with Gasteiger partial charge in [-0.15, -0.1) is 0 Å². The van der Waals surface area contributed by atoms with Crippen LogP contribution in [0.25, 0.3) is 0 Å². The minimum absolute atomic E-state index is 0.174. The third-order valence-corrected chi connectivity index (χ3v) is 5.97. The van der Waals surface area contributed by atoms with E-state index in [2.05, 4.69) is 77.6 Å². The fourth-order valence-corrected chi connectivity index (χ4v) is 4.58. The molecule has 1 saturated heterocycles. The van der Waals surface area contributed by atoms with E-state index < -0.39 is 0 Å². The number of nitrogens with two attached hydrogens (primary N) is 1. The summed E-state index contributed by atoms with van der Waals surface area (Å²) in [5.74, 6) is 1.18. The molecule has 0 aliphatic carbocycles. The van der Waals surface area contributed by atoms with E-state index in [-0.39, 0.29) is 6.04 Å². The predicted octanol–water partition coefficient (Wildman–Crippen LogP) is 4.05. The highest BCUT2D eigenvalue weighted by Crippen LogP contribution is 2.37. The van der Waals surface area contributed by atoms with Crippen LogP contribution in [0.2, 0.25) is 0 Å². The van der Waals surface area contributed by atoms with Crippen molar-refractivity contribution in [1.82, 2.24) is 4.90 Å². The van der Waals surface area contributed by atoms with Gasteiger partial charge in [0.1, 0.15) is 0 Å². The smallest absolute Gasteiger partial charge is 0.0511 e. The van der Waals surface area contributed by atoms with Gasteiger partial charge in [0.05, 0.1) is 6.04 Å². The van der Waals surface area contributed by atoms with Crippen molar-refractivity contribution < 1.29 is 0 Å². The van der Waals surface area contributed by atoms with Crippen molar-refractivity contribution >= 4 is 27.7 Å². The molecule has 0 amide bonds. The molecule has 1 fully saturated rings. The molecule has 2 atom stereocenters. The monoisotopic (exact) mass is 356 g/mol. The molecule has 1 aliphatic rings. The molecule has 1 aromatic carbocycles. The van der Waals surface area contributed by atoms with Gasteiger partial charge in [-0.05, 0) is 31.9 Å². The fraction of sp³-hybridized carbons (Fsp3) is 0.625. The second-order valence-corrected chi connectivity index (χ2v) is 8.77. The third-order valence-electron chi connectivity index (χ3n) is 3.95. The molecule has 112 valence electrons. The Morgan fingerprint density at radius 3 is 2.70 bits per heavy atom. The van der Waals surface area contributed by atoms with Crippen molar-refractivity contribution in [2.24, 2.45) is 5.73 Å². The zero-order chi connectivity index (χ0) is 14.8. The molecule has 0 spiro atoms. The lowest BCUT2D eigenvalue weighted by molar-refractivity contribution is 0.161. The number of halogens is 1. The summed E-state index contributed by atoms with van der Waals surface area (Å²) in [7, 11) is 0. The van der Waals surface area contributed by atoms with Crippen LogP contribution in [0, 0.1) is 0 Å². The van der Waals surface area contributed by atoms with Crippen LogP contribution in [0.15, 0.2) is 28.7 Å². The molecule has 1 aliphatic heterocycles. The lowest BCUT2D eigenvalue weighted by Crippen LogP contribution is -2.49. The summed E-state index contributed by atoms with van der Waals surface area (Å²) in [6.45, 7) is 9.06. The molecule has 0 radical (unpaired) electrons. The Balaban J connectivity index is 2.31. The first kappa shape index (κ1) is 16.3. The highest BCUT2D eigenvalue weighted by atomic mass is 79.9. The first-order chi connectivity index (χ1) is 9.44. The lowest BCUT2D eigenvalue weighted by Gasteiger charge is -2.44. The number of hydrogen-bond acceptors (Lipinski definition) is 3. The summed E-state index contributed by atoms with van der Waals surface area (Å²) in [4.78, 5) is 2.57. The Labute approximate surface area is 135 Å². The molecule has 2 N–H and O–H groups in total. The summed E-state index contributed by atoms with van der Waals surface area (Å²) in [5, 5.41) is 0. The molecule has 20 heavy (non-hydrogen) atoms. The van der Waals surface area contributed by atoms with Crippen LogP contribution in [-0.4, -0.2) is 34.5 Å². The second kappa shape index (κ2) is 6.82. The molecular weight excluding hydrogens is 332 g/mol. The minimum atomic E-state index is 0.174. The highest BCUT2D eigenvalue weighted by molar-refractivity contribution is 9.10. The Morgan fingerprint density at radius 2 is 2.10 bits per heavy atom. The van der Waals surface area contributed by atoms with Gasteiger partial charge in [0.15, 0.2) is 0 Å². The maximum atomic E-state index is 6.47. The maximum Gasteiger partial charge on any atom is 0.0511 e. The molecule has 0 saturated carbocycles. The Hall–Kier alpha value is -0.0300. The molecular formula is C16H25BrN2S. The first-order valence-electron chi connectivity index (χ1n) is 7.32. The molecule has 1 aromatic rings. The van der Waals surface area contributed by atoms with E-state index in [0.29, 0.717) is 10.8 Å².